The third-order valence-corrected chi connectivity index (χ3v) is 9.42. The first-order chi connectivity index (χ1) is 21.0. The highest BCUT2D eigenvalue weighted by Crippen LogP contribution is 2.27. The molecule has 230 valence electrons. The molecule has 4 aromatic carbocycles. The van der Waals surface area contributed by atoms with Crippen molar-refractivity contribution in [1.82, 2.24) is 10.2 Å². The van der Waals surface area contributed by atoms with Crippen molar-refractivity contribution < 1.29 is 18.0 Å². The number of sulfonamides is 1. The molecule has 10 heteroatoms. The second kappa shape index (κ2) is 15.4. The van der Waals surface area contributed by atoms with Gasteiger partial charge in [0.15, 0.2) is 0 Å². The molecule has 0 aliphatic carbocycles. The Bertz CT molecular complexity index is 1670. The van der Waals surface area contributed by atoms with E-state index in [1.807, 2.05) is 68.4 Å². The number of carbonyl (C=O) groups excluding carboxylic acids is 2. The summed E-state index contributed by atoms with van der Waals surface area (Å²) in [7, 11) is -4.19. The lowest BCUT2D eigenvalue weighted by Gasteiger charge is -2.34. The monoisotopic (exact) mass is 695 g/mol. The van der Waals surface area contributed by atoms with Gasteiger partial charge < -0.3 is 10.2 Å². The molecule has 0 aromatic heterocycles. The summed E-state index contributed by atoms with van der Waals surface area (Å²) in [5.74, 6) is -0.656. The number of nitrogens with one attached hydrogen (secondary N) is 1. The largest absolute Gasteiger partial charge is 0.354 e. The summed E-state index contributed by atoms with van der Waals surface area (Å²) >= 11 is 9.77. The van der Waals surface area contributed by atoms with Gasteiger partial charge >= 0.3 is 0 Å². The fourth-order valence-electron chi connectivity index (χ4n) is 4.69. The molecule has 0 bridgehead atoms. The Morgan fingerprint density at radius 3 is 2.11 bits per heavy atom. The Hall–Kier alpha value is -3.66. The molecule has 1 N–H and O–H groups in total. The molecular formula is C34H35BrClN3O4S. The second-order valence-corrected chi connectivity index (χ2v) is 14.0. The Morgan fingerprint density at radius 2 is 1.48 bits per heavy atom. The number of hydrogen-bond donors (Lipinski definition) is 1. The summed E-state index contributed by atoms with van der Waals surface area (Å²) in [6.45, 7) is 3.95. The zero-order valence-electron chi connectivity index (χ0n) is 24.6. The minimum Gasteiger partial charge on any atom is -0.354 e. The zero-order valence-corrected chi connectivity index (χ0v) is 27.7. The fraction of sp³-hybridized carbons (Fsp3) is 0.235. The third kappa shape index (κ3) is 8.94. The van der Waals surface area contributed by atoms with Crippen molar-refractivity contribution in [3.05, 3.63) is 130 Å². The minimum absolute atomic E-state index is 0.0295. The van der Waals surface area contributed by atoms with Crippen LogP contribution in [0.15, 0.2) is 119 Å². The lowest BCUT2D eigenvalue weighted by atomic mass is 10.0. The van der Waals surface area contributed by atoms with Crippen LogP contribution in [0.4, 0.5) is 5.69 Å². The van der Waals surface area contributed by atoms with Crippen LogP contribution >= 0.6 is 27.5 Å². The van der Waals surface area contributed by atoms with Gasteiger partial charge in [-0.3, -0.25) is 13.9 Å². The molecule has 0 unspecified atom stereocenters. The highest BCUT2D eigenvalue weighted by Gasteiger charge is 2.34. The Labute approximate surface area is 273 Å². The molecular weight excluding hydrogens is 662 g/mol. The minimum atomic E-state index is -4.19. The topological polar surface area (TPSA) is 86.8 Å². The fourth-order valence-corrected chi connectivity index (χ4v) is 6.75. The lowest BCUT2D eigenvalue weighted by molar-refractivity contribution is -0.140. The van der Waals surface area contributed by atoms with Crippen LogP contribution in [0.3, 0.4) is 0 Å². The molecule has 0 fully saturated rings. The summed E-state index contributed by atoms with van der Waals surface area (Å²) < 4.78 is 29.9. The molecule has 0 aliphatic rings. The first-order valence-corrected chi connectivity index (χ1v) is 16.8. The van der Waals surface area contributed by atoms with Crippen molar-refractivity contribution in [3.8, 4) is 0 Å². The molecule has 4 aromatic rings. The van der Waals surface area contributed by atoms with Crippen molar-refractivity contribution in [1.29, 1.82) is 0 Å². The van der Waals surface area contributed by atoms with E-state index < -0.39 is 28.5 Å². The van der Waals surface area contributed by atoms with Crippen molar-refractivity contribution >= 4 is 55.1 Å². The quantitative estimate of drug-likeness (QED) is 0.168. The van der Waals surface area contributed by atoms with Crippen LogP contribution in [-0.2, 0) is 32.6 Å². The van der Waals surface area contributed by atoms with Gasteiger partial charge in [-0.05, 0) is 59.5 Å². The summed E-state index contributed by atoms with van der Waals surface area (Å²) in [6, 6.07) is 30.3. The van der Waals surface area contributed by atoms with Crippen molar-refractivity contribution in [2.24, 2.45) is 5.92 Å². The van der Waals surface area contributed by atoms with Crippen LogP contribution < -0.4 is 9.62 Å². The van der Waals surface area contributed by atoms with Gasteiger partial charge in [-0.1, -0.05) is 108 Å². The smallest absolute Gasteiger partial charge is 0.264 e. The summed E-state index contributed by atoms with van der Waals surface area (Å²) in [5, 5.41) is 3.32. The number of halogens is 2. The van der Waals surface area contributed by atoms with Gasteiger partial charge in [0.25, 0.3) is 10.0 Å². The van der Waals surface area contributed by atoms with E-state index in [-0.39, 0.29) is 35.4 Å². The molecule has 44 heavy (non-hydrogen) atoms. The predicted molar refractivity (Wildman–Crippen MR) is 179 cm³/mol. The maximum Gasteiger partial charge on any atom is 0.264 e. The van der Waals surface area contributed by atoms with Gasteiger partial charge in [-0.2, -0.15) is 0 Å². The highest BCUT2D eigenvalue weighted by molar-refractivity contribution is 9.10. The summed E-state index contributed by atoms with van der Waals surface area (Å²) in [4.78, 5) is 29.8. The van der Waals surface area contributed by atoms with E-state index in [0.29, 0.717) is 11.6 Å². The number of rotatable bonds is 13. The van der Waals surface area contributed by atoms with Gasteiger partial charge in [0.1, 0.15) is 12.6 Å². The van der Waals surface area contributed by atoms with Crippen LogP contribution in [0.25, 0.3) is 0 Å². The maximum absolute atomic E-state index is 14.4. The van der Waals surface area contributed by atoms with E-state index >= 15 is 0 Å². The Kier molecular flexibility index (Phi) is 11.6. The van der Waals surface area contributed by atoms with E-state index in [1.165, 1.54) is 23.1 Å². The molecule has 4 rings (SSSR count). The van der Waals surface area contributed by atoms with Crippen LogP contribution in [0.1, 0.15) is 25.0 Å². The second-order valence-electron chi connectivity index (χ2n) is 10.8. The van der Waals surface area contributed by atoms with E-state index in [1.54, 1.807) is 36.4 Å². The number of carbonyl (C=O) groups is 2. The average molecular weight is 697 g/mol. The van der Waals surface area contributed by atoms with Gasteiger partial charge in [0.05, 0.1) is 10.6 Å². The van der Waals surface area contributed by atoms with Crippen LogP contribution in [0.2, 0.25) is 5.02 Å². The summed E-state index contributed by atoms with van der Waals surface area (Å²) in [6.07, 6.45) is 0.243. The highest BCUT2D eigenvalue weighted by atomic mass is 79.9. The lowest BCUT2D eigenvalue weighted by Crippen LogP contribution is -2.53. The van der Waals surface area contributed by atoms with Gasteiger partial charge in [-0.15, -0.1) is 0 Å². The van der Waals surface area contributed by atoms with E-state index in [9.17, 15) is 18.0 Å². The van der Waals surface area contributed by atoms with Crippen LogP contribution in [0.5, 0.6) is 0 Å². The molecule has 2 amide bonds. The maximum atomic E-state index is 14.4. The average Bonchev–Trinajstić information content (AvgIpc) is 3.01. The Morgan fingerprint density at radius 1 is 0.841 bits per heavy atom. The van der Waals surface area contributed by atoms with E-state index in [2.05, 4.69) is 21.2 Å². The molecule has 0 spiro atoms. The van der Waals surface area contributed by atoms with E-state index in [4.69, 9.17) is 11.6 Å². The first kappa shape index (κ1) is 33.2. The molecule has 1 atom stereocenters. The van der Waals surface area contributed by atoms with E-state index in [0.717, 1.165) is 19.9 Å². The zero-order chi connectivity index (χ0) is 31.7. The molecule has 0 radical (unpaired) electrons. The van der Waals surface area contributed by atoms with Crippen LogP contribution in [0, 0.1) is 5.92 Å². The first-order valence-electron chi connectivity index (χ1n) is 14.2. The number of hydrogen-bond acceptors (Lipinski definition) is 4. The molecule has 0 heterocycles. The van der Waals surface area contributed by atoms with Crippen molar-refractivity contribution in [3.63, 3.8) is 0 Å². The van der Waals surface area contributed by atoms with Crippen molar-refractivity contribution in [2.75, 3.05) is 17.4 Å². The third-order valence-electron chi connectivity index (χ3n) is 6.90. The van der Waals surface area contributed by atoms with Gasteiger partial charge in [0, 0.05) is 29.0 Å². The Balaban J connectivity index is 1.79. The molecule has 0 aliphatic heterocycles. The molecule has 7 nitrogen and oxygen atoms in total. The number of amides is 2. The van der Waals surface area contributed by atoms with Crippen molar-refractivity contribution in [2.45, 2.75) is 37.8 Å². The van der Waals surface area contributed by atoms with Gasteiger partial charge in [-0.25, -0.2) is 8.42 Å². The number of nitrogens with zero attached hydrogens (tertiary/aromatic N) is 2. The predicted octanol–water partition coefficient (Wildman–Crippen LogP) is 6.71. The number of anilines is 1. The summed E-state index contributed by atoms with van der Waals surface area (Å²) in [5.41, 5.74) is 1.89. The number of benzene rings is 4. The molecule has 0 saturated carbocycles. The molecule has 0 saturated heterocycles. The van der Waals surface area contributed by atoms with Crippen LogP contribution in [-0.4, -0.2) is 44.3 Å². The normalized spacial score (nSPS) is 12.0. The SMILES string of the molecule is CC(C)CNC(=O)[C@H](Cc1ccccc1)N(Cc1cccc(Br)c1)C(=O)CN(c1cccc(Cl)c1)S(=O)(=O)c1ccccc1. The van der Waals surface area contributed by atoms with Gasteiger partial charge in [0.2, 0.25) is 11.8 Å². The standard InChI is InChI=1S/C34H35BrClN3O4S/c1-25(2)22-37-34(41)32(20-26-11-5-3-6-12-26)38(23-27-13-9-14-28(35)19-27)33(40)24-39(30-16-10-15-29(36)21-30)44(42,43)31-17-7-4-8-18-31/h3-19,21,25,32H,20,22-24H2,1-2H3,(H,37,41)/t32-/m0/s1.